The van der Waals surface area contributed by atoms with Gasteiger partial charge < -0.3 is 19.7 Å². The second-order valence-corrected chi connectivity index (χ2v) is 11.0. The predicted molar refractivity (Wildman–Crippen MR) is 138 cm³/mol. The summed E-state index contributed by atoms with van der Waals surface area (Å²) in [7, 11) is 0. The molecule has 5 atom stereocenters. The maximum Gasteiger partial charge on any atom is 0.314 e. The van der Waals surface area contributed by atoms with Crippen LogP contribution in [0.25, 0.3) is 0 Å². The van der Waals surface area contributed by atoms with Crippen molar-refractivity contribution in [2.45, 2.75) is 63.4 Å². The van der Waals surface area contributed by atoms with E-state index in [1.54, 1.807) is 17.0 Å². The molecule has 3 fully saturated rings. The third-order valence-electron chi connectivity index (χ3n) is 8.25. The molecule has 38 heavy (non-hydrogen) atoms. The molecule has 1 N–H and O–H groups in total. The van der Waals surface area contributed by atoms with Gasteiger partial charge in [-0.25, -0.2) is 4.39 Å². The quantitative estimate of drug-likeness (QED) is 0.460. The van der Waals surface area contributed by atoms with Gasteiger partial charge in [0.25, 0.3) is 5.91 Å². The number of nitrogens with zero attached hydrogens (tertiary/aromatic N) is 1. The first-order chi connectivity index (χ1) is 18.3. The Morgan fingerprint density at radius 3 is 2.55 bits per heavy atom. The van der Waals surface area contributed by atoms with Crippen LogP contribution in [0.2, 0.25) is 0 Å². The number of hydrogen-bond acceptors (Lipinski definition) is 5. The molecule has 1 aliphatic carbocycles. The Labute approximate surface area is 221 Å². The van der Waals surface area contributed by atoms with E-state index in [-0.39, 0.29) is 24.1 Å². The van der Waals surface area contributed by atoms with Crippen molar-refractivity contribution < 1.29 is 28.2 Å². The van der Waals surface area contributed by atoms with E-state index in [9.17, 15) is 18.8 Å². The van der Waals surface area contributed by atoms with Gasteiger partial charge in [-0.15, -0.1) is 0 Å². The van der Waals surface area contributed by atoms with Gasteiger partial charge in [0.05, 0.1) is 18.6 Å². The zero-order valence-corrected chi connectivity index (χ0v) is 21.5. The van der Waals surface area contributed by atoms with Crippen molar-refractivity contribution in [2.75, 3.05) is 11.4 Å². The standard InChI is InChI=1S/C30H31FN2O5/c1-17-13-18(2)15-20(14-17)33-16-30-12-11-23(38-30)24(25(30)28(33)35)29(36)37-26(21-9-5-6-10-22(21)31)27(34)32-19-7-3-4-8-19/h5-6,9-15,19,23-26H,3-4,7-8,16H2,1-2H3,(H,32,34)/t23-,24+,25-,26+,30-/m1/s1. The van der Waals surface area contributed by atoms with Gasteiger partial charge in [-0.05, 0) is 56.0 Å². The average molecular weight is 519 g/mol. The summed E-state index contributed by atoms with van der Waals surface area (Å²) in [5.74, 6) is -3.87. The number of hydrogen-bond donors (Lipinski definition) is 1. The number of anilines is 1. The van der Waals surface area contributed by atoms with Crippen LogP contribution in [-0.2, 0) is 23.9 Å². The fraction of sp³-hybridized carbons (Fsp3) is 0.433. The smallest absolute Gasteiger partial charge is 0.314 e. The minimum atomic E-state index is -1.46. The molecule has 4 aliphatic rings. The summed E-state index contributed by atoms with van der Waals surface area (Å²) in [6.07, 6.45) is 5.23. The molecule has 3 aliphatic heterocycles. The number of aryl methyl sites for hydroxylation is 2. The lowest BCUT2D eigenvalue weighted by atomic mass is 9.77. The molecule has 2 aromatic carbocycles. The SMILES string of the molecule is Cc1cc(C)cc(N2C[C@@]34C=C[C@@H](O3)[C@H](C(=O)O[C@H](C(=O)NC3CCCC3)c3ccccc3F)[C@@H]4C2=O)c1. The van der Waals surface area contributed by atoms with Gasteiger partial charge in [-0.1, -0.05) is 49.3 Å². The van der Waals surface area contributed by atoms with E-state index in [0.717, 1.165) is 42.5 Å². The minimum absolute atomic E-state index is 0.0136. The van der Waals surface area contributed by atoms with E-state index in [4.69, 9.17) is 9.47 Å². The fourth-order valence-electron chi connectivity index (χ4n) is 6.58. The van der Waals surface area contributed by atoms with Crippen molar-refractivity contribution in [3.8, 4) is 0 Å². The van der Waals surface area contributed by atoms with Crippen molar-refractivity contribution in [3.63, 3.8) is 0 Å². The number of carbonyl (C=O) groups excluding carboxylic acids is 3. The van der Waals surface area contributed by atoms with E-state index in [2.05, 4.69) is 5.32 Å². The number of esters is 1. The number of halogens is 1. The third-order valence-corrected chi connectivity index (χ3v) is 8.25. The maximum absolute atomic E-state index is 14.8. The van der Waals surface area contributed by atoms with Gasteiger partial charge in [-0.3, -0.25) is 14.4 Å². The Kier molecular flexibility index (Phi) is 6.10. The van der Waals surface area contributed by atoms with Crippen LogP contribution in [-0.4, -0.2) is 42.1 Å². The van der Waals surface area contributed by atoms with Crippen molar-refractivity contribution >= 4 is 23.5 Å². The highest BCUT2D eigenvalue weighted by Gasteiger charge is 2.67. The van der Waals surface area contributed by atoms with Crippen molar-refractivity contribution in [2.24, 2.45) is 11.8 Å². The van der Waals surface area contributed by atoms with Crippen LogP contribution >= 0.6 is 0 Å². The molecule has 2 aromatic rings. The predicted octanol–water partition coefficient (Wildman–Crippen LogP) is 4.07. The molecule has 2 saturated heterocycles. The number of ether oxygens (including phenoxy) is 2. The highest BCUT2D eigenvalue weighted by atomic mass is 19.1. The minimum Gasteiger partial charge on any atom is -0.447 e. The molecule has 2 amide bonds. The average Bonchev–Trinajstić information content (AvgIpc) is 3.65. The summed E-state index contributed by atoms with van der Waals surface area (Å²) in [6.45, 7) is 4.23. The van der Waals surface area contributed by atoms with Gasteiger partial charge in [0.15, 0.2) is 0 Å². The molecule has 0 aromatic heterocycles. The number of amides is 2. The Morgan fingerprint density at radius 2 is 1.84 bits per heavy atom. The fourth-order valence-corrected chi connectivity index (χ4v) is 6.58. The number of rotatable bonds is 6. The zero-order valence-electron chi connectivity index (χ0n) is 21.5. The third kappa shape index (κ3) is 4.11. The molecule has 1 saturated carbocycles. The van der Waals surface area contributed by atoms with Gasteiger partial charge >= 0.3 is 5.97 Å². The van der Waals surface area contributed by atoms with E-state index in [0.29, 0.717) is 0 Å². The van der Waals surface area contributed by atoms with Crippen molar-refractivity contribution in [3.05, 3.63) is 77.1 Å². The molecule has 2 bridgehead atoms. The van der Waals surface area contributed by atoms with Gasteiger partial charge in [0.1, 0.15) is 17.3 Å². The lowest BCUT2D eigenvalue weighted by Crippen LogP contribution is -2.43. The first kappa shape index (κ1) is 24.8. The van der Waals surface area contributed by atoms with Crippen LogP contribution < -0.4 is 10.2 Å². The molecule has 1 spiro atoms. The van der Waals surface area contributed by atoms with Gasteiger partial charge in [-0.2, -0.15) is 0 Å². The van der Waals surface area contributed by atoms with E-state index < -0.39 is 47.3 Å². The van der Waals surface area contributed by atoms with Crippen LogP contribution in [0, 0.1) is 31.5 Å². The van der Waals surface area contributed by atoms with Crippen LogP contribution in [0.1, 0.15) is 48.5 Å². The zero-order chi connectivity index (χ0) is 26.6. The summed E-state index contributed by atoms with van der Waals surface area (Å²) < 4.78 is 26.8. The van der Waals surface area contributed by atoms with E-state index >= 15 is 0 Å². The number of benzene rings is 2. The molecule has 198 valence electrons. The van der Waals surface area contributed by atoms with Crippen LogP contribution in [0.4, 0.5) is 10.1 Å². The Bertz CT molecular complexity index is 1320. The Hall–Kier alpha value is -3.52. The lowest BCUT2D eigenvalue weighted by Gasteiger charge is -2.26. The summed E-state index contributed by atoms with van der Waals surface area (Å²) in [5.41, 5.74) is 1.85. The number of fused-ring (bicyclic) bond motifs is 1. The molecule has 0 radical (unpaired) electrons. The second kappa shape index (κ2) is 9.34. The summed E-state index contributed by atoms with van der Waals surface area (Å²) in [6, 6.07) is 11.7. The summed E-state index contributed by atoms with van der Waals surface area (Å²) in [5, 5.41) is 2.92. The van der Waals surface area contributed by atoms with Crippen LogP contribution in [0.5, 0.6) is 0 Å². The lowest BCUT2D eigenvalue weighted by molar-refractivity contribution is -0.163. The van der Waals surface area contributed by atoms with E-state index in [1.807, 2.05) is 38.1 Å². The molecular formula is C30H31FN2O5. The highest BCUT2D eigenvalue weighted by molar-refractivity contribution is 6.03. The van der Waals surface area contributed by atoms with Gasteiger partial charge in [0, 0.05) is 17.3 Å². The second-order valence-electron chi connectivity index (χ2n) is 11.0. The van der Waals surface area contributed by atoms with Gasteiger partial charge in [0.2, 0.25) is 12.0 Å². The summed E-state index contributed by atoms with van der Waals surface area (Å²) in [4.78, 5) is 42.4. The number of nitrogens with one attached hydrogen (secondary N) is 1. The Balaban J connectivity index is 1.28. The summed E-state index contributed by atoms with van der Waals surface area (Å²) >= 11 is 0. The molecule has 3 heterocycles. The Morgan fingerprint density at radius 1 is 1.13 bits per heavy atom. The van der Waals surface area contributed by atoms with Crippen molar-refractivity contribution in [1.29, 1.82) is 0 Å². The maximum atomic E-state index is 14.8. The topological polar surface area (TPSA) is 84.9 Å². The van der Waals surface area contributed by atoms with Crippen LogP contribution in [0.3, 0.4) is 0 Å². The van der Waals surface area contributed by atoms with Crippen molar-refractivity contribution in [1.82, 2.24) is 5.32 Å². The normalized spacial score (nSPS) is 28.6. The molecule has 8 heteroatoms. The highest BCUT2D eigenvalue weighted by Crippen LogP contribution is 2.53. The molecular weight excluding hydrogens is 487 g/mol. The molecule has 0 unspecified atom stereocenters. The monoisotopic (exact) mass is 518 g/mol. The number of carbonyl (C=O) groups is 3. The van der Waals surface area contributed by atoms with Crippen LogP contribution in [0.15, 0.2) is 54.6 Å². The first-order valence-corrected chi connectivity index (χ1v) is 13.3. The largest absolute Gasteiger partial charge is 0.447 e. The molecule has 6 rings (SSSR count). The van der Waals surface area contributed by atoms with E-state index in [1.165, 1.54) is 18.2 Å². The first-order valence-electron chi connectivity index (χ1n) is 13.3. The molecule has 7 nitrogen and oxygen atoms in total.